The maximum atomic E-state index is 13.1. The summed E-state index contributed by atoms with van der Waals surface area (Å²) in [4.78, 5) is 11.6. The third kappa shape index (κ3) is 6.22. The Morgan fingerprint density at radius 2 is 1.36 bits per heavy atom. The van der Waals surface area contributed by atoms with E-state index in [4.69, 9.17) is 9.05 Å². The van der Waals surface area contributed by atoms with E-state index >= 15 is 0 Å². The zero-order valence-corrected chi connectivity index (χ0v) is 15.3. The van der Waals surface area contributed by atoms with E-state index in [1.807, 2.05) is 60.7 Å². The average molecular weight is 362 g/mol. The van der Waals surface area contributed by atoms with Gasteiger partial charge < -0.3 is 14.2 Å². The van der Waals surface area contributed by atoms with Crippen LogP contribution in [0.1, 0.15) is 25.0 Å². The first-order valence-electron chi connectivity index (χ1n) is 8.00. The van der Waals surface area contributed by atoms with Crippen LogP contribution in [0.2, 0.25) is 0 Å². The highest BCUT2D eigenvalue weighted by Crippen LogP contribution is 2.52. The van der Waals surface area contributed by atoms with Crippen molar-refractivity contribution in [2.75, 3.05) is 6.16 Å². The molecular weight excluding hydrogens is 339 g/mol. The lowest BCUT2D eigenvalue weighted by molar-refractivity contribution is -0.131. The van der Waals surface area contributed by atoms with E-state index in [0.29, 0.717) is 0 Å². The molecule has 1 N–H and O–H groups in total. The highest BCUT2D eigenvalue weighted by molar-refractivity contribution is 7.54. The molecule has 0 aliphatic rings. The third-order valence-electron chi connectivity index (χ3n) is 3.80. The molecule has 0 saturated heterocycles. The summed E-state index contributed by atoms with van der Waals surface area (Å²) in [7, 11) is -3.70. The Bertz CT molecular complexity index is 680. The SMILES string of the molecule is CC(=O)C(C)(O)CP(=O)(OCc1ccccc1)OCc1ccccc1. The maximum Gasteiger partial charge on any atom is 0.334 e. The van der Waals surface area contributed by atoms with Crippen molar-refractivity contribution in [3.63, 3.8) is 0 Å². The van der Waals surface area contributed by atoms with Gasteiger partial charge in [0, 0.05) is 0 Å². The van der Waals surface area contributed by atoms with E-state index in [2.05, 4.69) is 0 Å². The molecule has 0 spiro atoms. The fourth-order valence-electron chi connectivity index (χ4n) is 2.11. The normalized spacial score (nSPS) is 14.0. The Morgan fingerprint density at radius 1 is 0.960 bits per heavy atom. The molecule has 0 radical (unpaired) electrons. The number of ketones is 1. The predicted molar refractivity (Wildman–Crippen MR) is 96.2 cm³/mol. The smallest absolute Gasteiger partial charge is 0.334 e. The molecule has 2 rings (SSSR count). The molecule has 0 aliphatic heterocycles. The van der Waals surface area contributed by atoms with E-state index in [0.717, 1.165) is 11.1 Å². The molecule has 0 aromatic heterocycles. The molecule has 1 unspecified atom stereocenters. The number of carbonyl (C=O) groups is 1. The Labute approximate surface area is 148 Å². The summed E-state index contributed by atoms with van der Waals surface area (Å²) >= 11 is 0. The second kappa shape index (κ2) is 8.54. The first kappa shape index (κ1) is 19.5. The standard InChI is InChI=1S/C19H23O5P/c1-16(20)19(2,21)15-25(22,23-13-17-9-5-3-6-10-17)24-14-18-11-7-4-8-12-18/h3-12,21H,13-15H2,1-2H3. The zero-order chi connectivity index (χ0) is 18.3. The predicted octanol–water partition coefficient (Wildman–Crippen LogP) is 3.95. The second-order valence-electron chi connectivity index (χ2n) is 6.12. The summed E-state index contributed by atoms with van der Waals surface area (Å²) in [6, 6.07) is 18.5. The number of hydrogen-bond donors (Lipinski definition) is 1. The van der Waals surface area contributed by atoms with Gasteiger partial charge in [0.15, 0.2) is 5.78 Å². The topological polar surface area (TPSA) is 72.8 Å². The number of aliphatic hydroxyl groups is 1. The first-order valence-corrected chi connectivity index (χ1v) is 9.73. The van der Waals surface area contributed by atoms with Gasteiger partial charge in [-0.2, -0.15) is 0 Å². The van der Waals surface area contributed by atoms with Crippen LogP contribution in [0, 0.1) is 0 Å². The van der Waals surface area contributed by atoms with Crippen molar-refractivity contribution in [2.24, 2.45) is 0 Å². The van der Waals surface area contributed by atoms with E-state index in [1.54, 1.807) is 0 Å². The number of carbonyl (C=O) groups excluding carboxylic acids is 1. The lowest BCUT2D eigenvalue weighted by atomic mass is 10.1. The van der Waals surface area contributed by atoms with Crippen molar-refractivity contribution in [1.29, 1.82) is 0 Å². The summed E-state index contributed by atoms with van der Waals surface area (Å²) in [5.41, 5.74) is -0.120. The van der Waals surface area contributed by atoms with Crippen molar-refractivity contribution < 1.29 is 23.5 Å². The quantitative estimate of drug-likeness (QED) is 0.684. The van der Waals surface area contributed by atoms with Crippen molar-refractivity contribution in [1.82, 2.24) is 0 Å². The number of benzene rings is 2. The van der Waals surface area contributed by atoms with Crippen LogP contribution < -0.4 is 0 Å². The van der Waals surface area contributed by atoms with Gasteiger partial charge in [0.1, 0.15) is 5.60 Å². The molecule has 25 heavy (non-hydrogen) atoms. The van der Waals surface area contributed by atoms with E-state index in [-0.39, 0.29) is 13.2 Å². The molecule has 0 saturated carbocycles. The van der Waals surface area contributed by atoms with Crippen LogP contribution in [0.3, 0.4) is 0 Å². The van der Waals surface area contributed by atoms with E-state index in [1.165, 1.54) is 13.8 Å². The third-order valence-corrected chi connectivity index (χ3v) is 5.85. The van der Waals surface area contributed by atoms with E-state index in [9.17, 15) is 14.5 Å². The van der Waals surface area contributed by atoms with Gasteiger partial charge in [-0.05, 0) is 25.0 Å². The van der Waals surface area contributed by atoms with Gasteiger partial charge >= 0.3 is 7.60 Å². The first-order chi connectivity index (χ1) is 11.8. The minimum atomic E-state index is -3.70. The van der Waals surface area contributed by atoms with Crippen LogP contribution in [0.4, 0.5) is 0 Å². The fraction of sp³-hybridized carbons (Fsp3) is 0.316. The van der Waals surface area contributed by atoms with Gasteiger partial charge in [-0.25, -0.2) is 0 Å². The van der Waals surface area contributed by atoms with Gasteiger partial charge in [-0.15, -0.1) is 0 Å². The highest BCUT2D eigenvalue weighted by atomic mass is 31.2. The molecule has 6 heteroatoms. The van der Waals surface area contributed by atoms with Crippen molar-refractivity contribution in [3.05, 3.63) is 71.8 Å². The maximum absolute atomic E-state index is 13.1. The highest BCUT2D eigenvalue weighted by Gasteiger charge is 2.39. The van der Waals surface area contributed by atoms with Gasteiger partial charge in [-0.1, -0.05) is 60.7 Å². The van der Waals surface area contributed by atoms with Crippen LogP contribution in [0.25, 0.3) is 0 Å². The fourth-order valence-corrected chi connectivity index (χ4v) is 4.04. The summed E-state index contributed by atoms with van der Waals surface area (Å²) < 4.78 is 24.2. The van der Waals surface area contributed by atoms with Crippen LogP contribution in [0.15, 0.2) is 60.7 Å². The molecule has 2 aromatic rings. The Balaban J connectivity index is 2.11. The molecule has 1 atom stereocenters. The Kier molecular flexibility index (Phi) is 6.68. The van der Waals surface area contributed by atoms with Crippen LogP contribution >= 0.6 is 7.60 Å². The van der Waals surface area contributed by atoms with Crippen molar-refractivity contribution >= 4 is 13.4 Å². The number of hydrogen-bond acceptors (Lipinski definition) is 5. The Hall–Kier alpha value is -1.78. The molecule has 134 valence electrons. The molecule has 0 amide bonds. The largest absolute Gasteiger partial charge is 0.382 e. The molecular formula is C19H23O5P. The Morgan fingerprint density at radius 3 is 1.72 bits per heavy atom. The summed E-state index contributed by atoms with van der Waals surface area (Å²) in [5, 5.41) is 10.2. The lowest BCUT2D eigenvalue weighted by Crippen LogP contribution is -2.37. The van der Waals surface area contributed by atoms with Gasteiger partial charge in [0.25, 0.3) is 0 Å². The summed E-state index contributed by atoms with van der Waals surface area (Å²) in [6.07, 6.45) is -0.394. The monoisotopic (exact) mass is 362 g/mol. The number of Topliss-reactive ketones (excluding diaryl/α,β-unsaturated/α-hetero) is 1. The molecule has 5 nitrogen and oxygen atoms in total. The molecule has 0 bridgehead atoms. The minimum absolute atomic E-state index is 0.0703. The van der Waals surface area contributed by atoms with Crippen molar-refractivity contribution in [3.8, 4) is 0 Å². The summed E-state index contributed by atoms with van der Waals surface area (Å²) in [5.74, 6) is -0.487. The molecule has 0 fully saturated rings. The van der Waals surface area contributed by atoms with Gasteiger partial charge in [0.05, 0.1) is 19.4 Å². The minimum Gasteiger partial charge on any atom is -0.382 e. The molecule has 0 aliphatic carbocycles. The van der Waals surface area contributed by atoms with Crippen LogP contribution in [-0.2, 0) is 31.6 Å². The van der Waals surface area contributed by atoms with Gasteiger partial charge in [-0.3, -0.25) is 9.36 Å². The van der Waals surface area contributed by atoms with Gasteiger partial charge in [0.2, 0.25) is 0 Å². The summed E-state index contributed by atoms with van der Waals surface area (Å²) in [6.45, 7) is 2.71. The number of rotatable bonds is 9. The second-order valence-corrected chi connectivity index (χ2v) is 8.17. The van der Waals surface area contributed by atoms with Crippen LogP contribution in [0.5, 0.6) is 0 Å². The molecule has 0 heterocycles. The molecule has 2 aromatic carbocycles. The zero-order valence-electron chi connectivity index (χ0n) is 14.4. The lowest BCUT2D eigenvalue weighted by Gasteiger charge is -2.26. The van der Waals surface area contributed by atoms with Crippen LogP contribution in [-0.4, -0.2) is 22.7 Å². The average Bonchev–Trinajstić information content (AvgIpc) is 2.60. The van der Waals surface area contributed by atoms with E-state index < -0.39 is 25.1 Å². The van der Waals surface area contributed by atoms with Crippen molar-refractivity contribution in [2.45, 2.75) is 32.7 Å².